The van der Waals surface area contributed by atoms with E-state index in [-0.39, 0.29) is 35.8 Å². The van der Waals surface area contributed by atoms with Gasteiger partial charge in [0, 0.05) is 6.54 Å². The van der Waals surface area contributed by atoms with Gasteiger partial charge in [-0.2, -0.15) is 5.26 Å². The van der Waals surface area contributed by atoms with Crippen LogP contribution in [-0.2, 0) is 14.8 Å². The molecule has 1 aliphatic heterocycles. The molecule has 1 saturated heterocycles. The van der Waals surface area contributed by atoms with Crippen LogP contribution in [-0.4, -0.2) is 40.1 Å². The molecule has 1 unspecified atom stereocenters. The number of benzene rings is 1. The van der Waals surface area contributed by atoms with Crippen molar-refractivity contribution in [2.24, 2.45) is 5.14 Å². The maximum atomic E-state index is 13.1. The van der Waals surface area contributed by atoms with Crippen LogP contribution >= 0.6 is 0 Å². The van der Waals surface area contributed by atoms with E-state index >= 15 is 0 Å². The van der Waals surface area contributed by atoms with Crippen LogP contribution < -0.4 is 10.0 Å². The average Bonchev–Trinajstić information content (AvgIpc) is 2.45. The Morgan fingerprint density at radius 1 is 1.50 bits per heavy atom. The second kappa shape index (κ2) is 5.79. The molecule has 1 atom stereocenters. The Bertz CT molecular complexity index is 718. The molecule has 1 fully saturated rings. The predicted octanol–water partition coefficient (Wildman–Crippen LogP) is 1.07. The van der Waals surface area contributed by atoms with Gasteiger partial charge < -0.3 is 9.64 Å². The summed E-state index contributed by atoms with van der Waals surface area (Å²) in [5.74, 6) is 0. The van der Waals surface area contributed by atoms with Crippen molar-refractivity contribution in [1.82, 2.24) is 0 Å². The average molecular weight is 331 g/mol. The lowest BCUT2D eigenvalue weighted by Gasteiger charge is -2.41. The molecule has 2 N–H and O–H groups in total. The number of nitrogens with zero attached hydrogens (tertiary/aromatic N) is 2. The molecular formula is C13H15F2N3O3S. The topological polar surface area (TPSA) is 96.4 Å². The summed E-state index contributed by atoms with van der Waals surface area (Å²) in [5.41, 5.74) is -1.36. The van der Waals surface area contributed by atoms with Gasteiger partial charge in [-0.1, -0.05) is 0 Å². The number of sulfonamides is 1. The van der Waals surface area contributed by atoms with E-state index in [9.17, 15) is 17.2 Å². The van der Waals surface area contributed by atoms with Crippen molar-refractivity contribution >= 4 is 15.7 Å². The first-order valence-corrected chi connectivity index (χ1v) is 7.96. The highest BCUT2D eigenvalue weighted by Gasteiger charge is 2.41. The van der Waals surface area contributed by atoms with Crippen LogP contribution in [0.25, 0.3) is 0 Å². The number of anilines is 1. The number of hydrogen-bond donors (Lipinski definition) is 1. The normalized spacial score (nSPS) is 22.6. The molecule has 1 aromatic rings. The molecule has 120 valence electrons. The third-order valence-corrected chi connectivity index (χ3v) is 4.45. The minimum absolute atomic E-state index is 0.0156. The Morgan fingerprint density at radius 2 is 2.18 bits per heavy atom. The van der Waals surface area contributed by atoms with Crippen molar-refractivity contribution in [1.29, 1.82) is 5.26 Å². The highest BCUT2D eigenvalue weighted by atomic mass is 32.2. The predicted molar refractivity (Wildman–Crippen MR) is 75.1 cm³/mol. The van der Waals surface area contributed by atoms with E-state index in [1.807, 2.05) is 6.07 Å². The third kappa shape index (κ3) is 3.19. The standard InChI is InChI=1S/C13H15F2N3O3S/c1-13(12(14)15)8-18(4-5-21-13)10-6-9(7-16)2-3-11(10)22(17,19)20/h2-3,6,12H,4-5,8H2,1H3,(H2,17,19,20). The van der Waals surface area contributed by atoms with Gasteiger partial charge in [0.05, 0.1) is 30.5 Å². The fourth-order valence-electron chi connectivity index (χ4n) is 2.30. The summed E-state index contributed by atoms with van der Waals surface area (Å²) < 4.78 is 54.7. The number of alkyl halides is 2. The van der Waals surface area contributed by atoms with Gasteiger partial charge in [0.1, 0.15) is 10.5 Å². The molecule has 1 aliphatic rings. The Balaban J connectivity index is 2.49. The van der Waals surface area contributed by atoms with Crippen LogP contribution in [0.2, 0.25) is 0 Å². The molecule has 2 rings (SSSR count). The monoisotopic (exact) mass is 331 g/mol. The largest absolute Gasteiger partial charge is 0.366 e. The quantitative estimate of drug-likeness (QED) is 0.893. The molecule has 0 spiro atoms. The number of ether oxygens (including phenoxy) is 1. The summed E-state index contributed by atoms with van der Waals surface area (Å²) in [5, 5.41) is 14.1. The first kappa shape index (κ1) is 16.6. The molecule has 22 heavy (non-hydrogen) atoms. The number of halogens is 2. The number of hydrogen-bond acceptors (Lipinski definition) is 5. The fraction of sp³-hybridized carbons (Fsp3) is 0.462. The summed E-state index contributed by atoms with van der Waals surface area (Å²) in [7, 11) is -4.04. The van der Waals surface area contributed by atoms with Crippen LogP contribution in [0.1, 0.15) is 12.5 Å². The molecule has 0 aliphatic carbocycles. The van der Waals surface area contributed by atoms with E-state index in [2.05, 4.69) is 0 Å². The lowest BCUT2D eigenvalue weighted by molar-refractivity contribution is -0.134. The van der Waals surface area contributed by atoms with Crippen molar-refractivity contribution in [3.05, 3.63) is 23.8 Å². The van der Waals surface area contributed by atoms with E-state index in [0.717, 1.165) is 0 Å². The molecule has 0 amide bonds. The zero-order valence-electron chi connectivity index (χ0n) is 11.8. The van der Waals surface area contributed by atoms with Crippen LogP contribution in [0.3, 0.4) is 0 Å². The van der Waals surface area contributed by atoms with Gasteiger partial charge in [-0.25, -0.2) is 22.3 Å². The molecular weight excluding hydrogens is 316 g/mol. The van der Waals surface area contributed by atoms with Gasteiger partial charge in [0.2, 0.25) is 10.0 Å². The van der Waals surface area contributed by atoms with Crippen molar-refractivity contribution in [3.8, 4) is 6.07 Å². The summed E-state index contributed by atoms with van der Waals surface area (Å²) in [6, 6.07) is 5.74. The van der Waals surface area contributed by atoms with E-state index in [1.54, 1.807) is 0 Å². The molecule has 0 saturated carbocycles. The molecule has 1 aromatic carbocycles. The molecule has 0 bridgehead atoms. The van der Waals surface area contributed by atoms with Crippen molar-refractivity contribution in [2.45, 2.75) is 23.8 Å². The number of rotatable bonds is 3. The van der Waals surface area contributed by atoms with Crippen LogP contribution in [0.4, 0.5) is 14.5 Å². The van der Waals surface area contributed by atoms with Gasteiger partial charge in [-0.15, -0.1) is 0 Å². The minimum atomic E-state index is -4.04. The molecule has 1 heterocycles. The van der Waals surface area contributed by atoms with Gasteiger partial charge in [-0.05, 0) is 25.1 Å². The van der Waals surface area contributed by atoms with E-state index in [0.29, 0.717) is 0 Å². The van der Waals surface area contributed by atoms with E-state index in [1.165, 1.54) is 30.0 Å². The first-order chi connectivity index (χ1) is 10.2. The Labute approximate surface area is 127 Å². The molecule has 0 radical (unpaired) electrons. The van der Waals surface area contributed by atoms with Crippen LogP contribution in [0.5, 0.6) is 0 Å². The second-order valence-corrected chi connectivity index (χ2v) is 6.75. The Morgan fingerprint density at radius 3 is 2.73 bits per heavy atom. The Kier molecular flexibility index (Phi) is 4.37. The van der Waals surface area contributed by atoms with Gasteiger partial charge in [0.25, 0.3) is 6.43 Å². The summed E-state index contributed by atoms with van der Waals surface area (Å²) in [4.78, 5) is 1.25. The summed E-state index contributed by atoms with van der Waals surface area (Å²) in [6.07, 6.45) is -2.73. The third-order valence-electron chi connectivity index (χ3n) is 3.49. The summed E-state index contributed by atoms with van der Waals surface area (Å²) in [6.45, 7) is 1.29. The van der Waals surface area contributed by atoms with E-state index in [4.69, 9.17) is 15.1 Å². The smallest absolute Gasteiger partial charge is 0.268 e. The van der Waals surface area contributed by atoms with Gasteiger partial charge in [-0.3, -0.25) is 0 Å². The van der Waals surface area contributed by atoms with Crippen molar-refractivity contribution in [2.75, 3.05) is 24.6 Å². The highest BCUT2D eigenvalue weighted by Crippen LogP contribution is 2.32. The van der Waals surface area contributed by atoms with Crippen molar-refractivity contribution in [3.63, 3.8) is 0 Å². The minimum Gasteiger partial charge on any atom is -0.366 e. The number of nitrogens with two attached hydrogens (primary N) is 1. The lowest BCUT2D eigenvalue weighted by Crippen LogP contribution is -2.54. The van der Waals surface area contributed by atoms with Crippen LogP contribution in [0, 0.1) is 11.3 Å². The lowest BCUT2D eigenvalue weighted by atomic mass is 10.0. The molecule has 9 heteroatoms. The first-order valence-electron chi connectivity index (χ1n) is 6.41. The maximum Gasteiger partial charge on any atom is 0.268 e. The molecule has 6 nitrogen and oxygen atoms in total. The maximum absolute atomic E-state index is 13.1. The zero-order chi connectivity index (χ0) is 16.5. The number of primary sulfonamides is 1. The van der Waals surface area contributed by atoms with Crippen LogP contribution in [0.15, 0.2) is 23.1 Å². The number of morpholine rings is 1. The zero-order valence-corrected chi connectivity index (χ0v) is 12.6. The van der Waals surface area contributed by atoms with E-state index < -0.39 is 22.0 Å². The number of nitriles is 1. The summed E-state index contributed by atoms with van der Waals surface area (Å²) >= 11 is 0. The van der Waals surface area contributed by atoms with Gasteiger partial charge >= 0.3 is 0 Å². The Hall–Kier alpha value is -1.76. The fourth-order valence-corrected chi connectivity index (χ4v) is 3.04. The van der Waals surface area contributed by atoms with Crippen molar-refractivity contribution < 1.29 is 21.9 Å². The molecule has 0 aromatic heterocycles. The van der Waals surface area contributed by atoms with Gasteiger partial charge in [0.15, 0.2) is 0 Å². The SMILES string of the molecule is CC1(C(F)F)CN(c2cc(C#N)ccc2S(N)(=O)=O)CCO1. The second-order valence-electron chi connectivity index (χ2n) is 5.22. The highest BCUT2D eigenvalue weighted by molar-refractivity contribution is 7.89.